The molecule has 0 unspecified atom stereocenters. The van der Waals surface area contributed by atoms with Gasteiger partial charge in [-0.15, -0.1) is 0 Å². The minimum atomic E-state index is -0.445. The van der Waals surface area contributed by atoms with Crippen molar-refractivity contribution in [2.24, 2.45) is 0 Å². The van der Waals surface area contributed by atoms with E-state index in [1.807, 2.05) is 25.8 Å². The molecule has 1 N–H and O–H groups in total. The highest BCUT2D eigenvalue weighted by Crippen LogP contribution is 2.15. The molecule has 0 aliphatic carbocycles. The van der Waals surface area contributed by atoms with E-state index in [1.165, 1.54) is 12.1 Å². The summed E-state index contributed by atoms with van der Waals surface area (Å²) >= 11 is 0. The van der Waals surface area contributed by atoms with Crippen molar-refractivity contribution in [1.29, 1.82) is 0 Å². The Morgan fingerprint density at radius 1 is 1.38 bits per heavy atom. The molecule has 0 bridgehead atoms. The SMILES string of the molecule is Cc1noc(C)c1CN(C)CC(=O)Nc1ccccc1F. The van der Waals surface area contributed by atoms with Crippen molar-refractivity contribution < 1.29 is 13.7 Å². The Kier molecular flexibility index (Phi) is 4.70. The van der Waals surface area contributed by atoms with Crippen molar-refractivity contribution in [3.05, 3.63) is 47.1 Å². The van der Waals surface area contributed by atoms with Crippen LogP contribution in [0.25, 0.3) is 0 Å². The van der Waals surface area contributed by atoms with Crippen LogP contribution in [-0.2, 0) is 11.3 Å². The summed E-state index contributed by atoms with van der Waals surface area (Å²) in [6.45, 7) is 4.39. The van der Waals surface area contributed by atoms with Crippen molar-refractivity contribution >= 4 is 11.6 Å². The van der Waals surface area contributed by atoms with E-state index < -0.39 is 5.82 Å². The first kappa shape index (κ1) is 15.2. The van der Waals surface area contributed by atoms with Crippen LogP contribution in [0.3, 0.4) is 0 Å². The number of anilines is 1. The number of halogens is 1. The Balaban J connectivity index is 1.92. The number of amides is 1. The van der Waals surface area contributed by atoms with Gasteiger partial charge in [0.05, 0.1) is 17.9 Å². The van der Waals surface area contributed by atoms with Gasteiger partial charge in [-0.3, -0.25) is 9.69 Å². The standard InChI is InChI=1S/C15H18FN3O2/c1-10-12(11(2)21-18-10)8-19(3)9-15(20)17-14-7-5-4-6-13(14)16/h4-7H,8-9H2,1-3H3,(H,17,20). The molecule has 5 nitrogen and oxygen atoms in total. The van der Waals surface area contributed by atoms with Crippen LogP contribution in [0.4, 0.5) is 10.1 Å². The van der Waals surface area contributed by atoms with Crippen molar-refractivity contribution in [2.45, 2.75) is 20.4 Å². The van der Waals surface area contributed by atoms with Crippen LogP contribution < -0.4 is 5.32 Å². The second-order valence-corrected chi connectivity index (χ2v) is 5.00. The maximum Gasteiger partial charge on any atom is 0.238 e. The lowest BCUT2D eigenvalue weighted by atomic mass is 10.2. The molecule has 1 amide bonds. The predicted molar refractivity (Wildman–Crippen MR) is 77.3 cm³/mol. The number of nitrogens with zero attached hydrogens (tertiary/aromatic N) is 2. The van der Waals surface area contributed by atoms with Crippen molar-refractivity contribution in [2.75, 3.05) is 18.9 Å². The molecular weight excluding hydrogens is 273 g/mol. The Labute approximate surface area is 122 Å². The minimum absolute atomic E-state index is 0.151. The maximum absolute atomic E-state index is 13.4. The Morgan fingerprint density at radius 3 is 2.71 bits per heavy atom. The molecule has 6 heteroatoms. The molecule has 21 heavy (non-hydrogen) atoms. The molecule has 0 aliphatic heterocycles. The van der Waals surface area contributed by atoms with Gasteiger partial charge in [0.25, 0.3) is 0 Å². The minimum Gasteiger partial charge on any atom is -0.361 e. The van der Waals surface area contributed by atoms with E-state index in [4.69, 9.17) is 4.52 Å². The third kappa shape index (κ3) is 3.88. The fourth-order valence-electron chi connectivity index (χ4n) is 2.05. The lowest BCUT2D eigenvalue weighted by Crippen LogP contribution is -2.30. The fraction of sp³-hybridized carbons (Fsp3) is 0.333. The summed E-state index contributed by atoms with van der Waals surface area (Å²) in [5.41, 5.74) is 1.97. The van der Waals surface area contributed by atoms with Crippen molar-refractivity contribution in [1.82, 2.24) is 10.1 Å². The van der Waals surface area contributed by atoms with Gasteiger partial charge >= 0.3 is 0 Å². The summed E-state index contributed by atoms with van der Waals surface area (Å²) < 4.78 is 18.5. The van der Waals surface area contributed by atoms with Crippen LogP contribution in [0, 0.1) is 19.7 Å². The molecule has 0 fully saturated rings. The number of para-hydroxylation sites is 1. The van der Waals surface area contributed by atoms with Crippen LogP contribution in [0.1, 0.15) is 17.0 Å². The molecule has 2 rings (SSSR count). The smallest absolute Gasteiger partial charge is 0.238 e. The number of carbonyl (C=O) groups is 1. The molecule has 1 aromatic heterocycles. The fourth-order valence-corrected chi connectivity index (χ4v) is 2.05. The average Bonchev–Trinajstić information content (AvgIpc) is 2.73. The Hall–Kier alpha value is -2.21. The van der Waals surface area contributed by atoms with Crippen LogP contribution in [0.15, 0.2) is 28.8 Å². The van der Waals surface area contributed by atoms with Gasteiger partial charge in [-0.05, 0) is 33.0 Å². The third-order valence-corrected chi connectivity index (χ3v) is 3.17. The topological polar surface area (TPSA) is 58.4 Å². The predicted octanol–water partition coefficient (Wildman–Crippen LogP) is 2.50. The lowest BCUT2D eigenvalue weighted by molar-refractivity contribution is -0.117. The zero-order valence-electron chi connectivity index (χ0n) is 12.3. The van der Waals surface area contributed by atoms with E-state index in [9.17, 15) is 9.18 Å². The van der Waals surface area contributed by atoms with Crippen LogP contribution in [0.5, 0.6) is 0 Å². The highest BCUT2D eigenvalue weighted by atomic mass is 19.1. The highest BCUT2D eigenvalue weighted by molar-refractivity contribution is 5.92. The first-order valence-corrected chi connectivity index (χ1v) is 6.62. The van der Waals surface area contributed by atoms with Gasteiger partial charge in [-0.2, -0.15) is 0 Å². The zero-order chi connectivity index (χ0) is 15.4. The number of carbonyl (C=O) groups excluding carboxylic acids is 1. The Morgan fingerprint density at radius 2 is 2.10 bits per heavy atom. The summed E-state index contributed by atoms with van der Waals surface area (Å²) in [7, 11) is 1.81. The monoisotopic (exact) mass is 291 g/mol. The van der Waals surface area contributed by atoms with E-state index in [2.05, 4.69) is 10.5 Å². The number of aryl methyl sites for hydroxylation is 2. The summed E-state index contributed by atoms with van der Waals surface area (Å²) in [5, 5.41) is 6.43. The van der Waals surface area contributed by atoms with Crippen molar-refractivity contribution in [3.63, 3.8) is 0 Å². The molecule has 0 atom stereocenters. The Bertz CT molecular complexity index is 620. The largest absolute Gasteiger partial charge is 0.361 e. The van der Waals surface area contributed by atoms with E-state index in [-0.39, 0.29) is 18.1 Å². The average molecular weight is 291 g/mol. The second kappa shape index (κ2) is 6.49. The number of aromatic nitrogens is 1. The molecule has 0 spiro atoms. The molecular formula is C15H18FN3O2. The number of benzene rings is 1. The maximum atomic E-state index is 13.4. The van der Waals surface area contributed by atoms with E-state index >= 15 is 0 Å². The quantitative estimate of drug-likeness (QED) is 0.919. The number of likely N-dealkylation sites (N-methyl/N-ethyl adjacent to an activating group) is 1. The zero-order valence-corrected chi connectivity index (χ0v) is 12.3. The number of hydrogen-bond acceptors (Lipinski definition) is 4. The number of hydrogen-bond donors (Lipinski definition) is 1. The van der Waals surface area contributed by atoms with Crippen LogP contribution in [-0.4, -0.2) is 29.6 Å². The second-order valence-electron chi connectivity index (χ2n) is 5.00. The molecule has 2 aromatic rings. The number of nitrogens with one attached hydrogen (secondary N) is 1. The van der Waals surface area contributed by atoms with Gasteiger partial charge in [0.2, 0.25) is 5.91 Å². The van der Waals surface area contributed by atoms with Crippen LogP contribution >= 0.6 is 0 Å². The van der Waals surface area contributed by atoms with Gasteiger partial charge in [0.15, 0.2) is 0 Å². The van der Waals surface area contributed by atoms with E-state index in [0.29, 0.717) is 6.54 Å². The van der Waals surface area contributed by atoms with E-state index in [1.54, 1.807) is 12.1 Å². The molecule has 0 saturated heterocycles. The molecule has 0 aliphatic rings. The van der Waals surface area contributed by atoms with Gasteiger partial charge in [0, 0.05) is 12.1 Å². The summed E-state index contributed by atoms with van der Waals surface area (Å²) in [5.74, 6) is 0.0300. The normalized spacial score (nSPS) is 10.9. The van der Waals surface area contributed by atoms with Gasteiger partial charge in [-0.1, -0.05) is 17.3 Å². The number of rotatable bonds is 5. The molecule has 1 aromatic carbocycles. The van der Waals surface area contributed by atoms with Gasteiger partial charge in [0.1, 0.15) is 11.6 Å². The van der Waals surface area contributed by atoms with Gasteiger partial charge < -0.3 is 9.84 Å². The molecule has 0 radical (unpaired) electrons. The lowest BCUT2D eigenvalue weighted by Gasteiger charge is -2.16. The first-order valence-electron chi connectivity index (χ1n) is 6.62. The van der Waals surface area contributed by atoms with Crippen molar-refractivity contribution in [3.8, 4) is 0 Å². The molecule has 1 heterocycles. The summed E-state index contributed by atoms with van der Waals surface area (Å²) in [4.78, 5) is 13.7. The van der Waals surface area contributed by atoms with Gasteiger partial charge in [-0.25, -0.2) is 4.39 Å². The van der Waals surface area contributed by atoms with E-state index in [0.717, 1.165) is 17.0 Å². The third-order valence-electron chi connectivity index (χ3n) is 3.17. The molecule has 0 saturated carbocycles. The summed E-state index contributed by atoms with van der Waals surface area (Å²) in [6, 6.07) is 6.09. The summed E-state index contributed by atoms with van der Waals surface area (Å²) in [6.07, 6.45) is 0. The van der Waals surface area contributed by atoms with Crippen LogP contribution in [0.2, 0.25) is 0 Å². The molecule has 112 valence electrons. The highest BCUT2D eigenvalue weighted by Gasteiger charge is 2.14. The first-order chi connectivity index (χ1) is 9.97.